The van der Waals surface area contributed by atoms with Gasteiger partial charge < -0.3 is 4.98 Å². The molecule has 1 fully saturated rings. The van der Waals surface area contributed by atoms with E-state index in [1.54, 1.807) is 35.9 Å². The third-order valence-corrected chi connectivity index (χ3v) is 7.11. The molecule has 0 unspecified atom stereocenters. The lowest BCUT2D eigenvalue weighted by Gasteiger charge is -2.15. The predicted octanol–water partition coefficient (Wildman–Crippen LogP) is 6.07. The van der Waals surface area contributed by atoms with Crippen molar-refractivity contribution in [3.05, 3.63) is 85.1 Å². The Balaban J connectivity index is 1.24. The molecule has 0 bridgehead atoms. The van der Waals surface area contributed by atoms with Crippen LogP contribution in [0.5, 0.6) is 0 Å². The largest absolute Gasteiger partial charge is 0.353 e. The van der Waals surface area contributed by atoms with Crippen LogP contribution in [0.25, 0.3) is 55.6 Å². The molecular formula is C29H23F2N7. The molecule has 38 heavy (non-hydrogen) atoms. The van der Waals surface area contributed by atoms with Crippen molar-refractivity contribution in [2.45, 2.75) is 18.9 Å². The average Bonchev–Trinajstić information content (AvgIpc) is 3.64. The van der Waals surface area contributed by atoms with E-state index in [0.29, 0.717) is 18.7 Å². The highest BCUT2D eigenvalue weighted by Crippen LogP contribution is 2.35. The number of H-pyrrole nitrogens is 2. The van der Waals surface area contributed by atoms with Crippen molar-refractivity contribution in [3.63, 3.8) is 0 Å². The molecule has 2 N–H and O–H groups in total. The van der Waals surface area contributed by atoms with Crippen molar-refractivity contribution in [2.24, 2.45) is 0 Å². The number of nitrogens with zero attached hydrogens (tertiary/aromatic N) is 5. The molecule has 1 aliphatic heterocycles. The van der Waals surface area contributed by atoms with E-state index in [4.69, 9.17) is 0 Å². The molecular weight excluding hydrogens is 484 g/mol. The molecule has 5 aromatic heterocycles. The molecule has 0 radical (unpaired) electrons. The summed E-state index contributed by atoms with van der Waals surface area (Å²) >= 11 is 0. The number of alkyl halides is 2. The number of benzene rings is 1. The summed E-state index contributed by atoms with van der Waals surface area (Å²) in [4.78, 5) is 18.4. The molecule has 0 amide bonds. The van der Waals surface area contributed by atoms with Crippen LogP contribution in [0.15, 0.2) is 79.5 Å². The standard InChI is InChI=1S/C29H23F2N7/c30-29(31)6-9-38(17-29)16-18-10-20(14-33-13-18)21-11-24-27(36-37-28(24)34-15-21)26-12-23-22(2-1-3-25(23)35-26)19-4-7-32-8-5-19/h1-5,7-8,10-15,35H,6,9,16-17H2,(H,34,36,37). The maximum Gasteiger partial charge on any atom is 0.261 e. The maximum absolute atomic E-state index is 13.6. The van der Waals surface area contributed by atoms with Crippen LogP contribution in [0.3, 0.4) is 0 Å². The van der Waals surface area contributed by atoms with E-state index in [1.165, 1.54) is 0 Å². The van der Waals surface area contributed by atoms with Crippen LogP contribution in [0, 0.1) is 0 Å². The highest BCUT2D eigenvalue weighted by molar-refractivity contribution is 6.01. The number of aromatic nitrogens is 6. The minimum atomic E-state index is -2.61. The van der Waals surface area contributed by atoms with Gasteiger partial charge in [-0.3, -0.25) is 20.0 Å². The summed E-state index contributed by atoms with van der Waals surface area (Å²) in [5.41, 5.74) is 8.22. The zero-order valence-corrected chi connectivity index (χ0v) is 20.3. The Hall–Kier alpha value is -4.50. The molecule has 0 atom stereocenters. The van der Waals surface area contributed by atoms with Gasteiger partial charge in [0.25, 0.3) is 5.92 Å². The SMILES string of the molecule is FC1(F)CCN(Cc2cncc(-c3cnc4[nH]nc(-c5cc6c(-c7ccncc7)cccc6[nH]5)c4c3)c2)C1. The fourth-order valence-corrected chi connectivity index (χ4v) is 5.26. The minimum Gasteiger partial charge on any atom is -0.353 e. The fraction of sp³-hybridized carbons (Fsp3) is 0.172. The highest BCUT2D eigenvalue weighted by atomic mass is 19.3. The fourth-order valence-electron chi connectivity index (χ4n) is 5.26. The Labute approximate surface area is 216 Å². The molecule has 6 aromatic rings. The lowest BCUT2D eigenvalue weighted by atomic mass is 10.0. The smallest absolute Gasteiger partial charge is 0.261 e. The van der Waals surface area contributed by atoms with Crippen LogP contribution in [0.1, 0.15) is 12.0 Å². The van der Waals surface area contributed by atoms with Crippen LogP contribution >= 0.6 is 0 Å². The normalized spacial score (nSPS) is 15.5. The number of fused-ring (bicyclic) bond motifs is 2. The van der Waals surface area contributed by atoms with Crippen molar-refractivity contribution < 1.29 is 8.78 Å². The van der Waals surface area contributed by atoms with Crippen molar-refractivity contribution in [3.8, 4) is 33.6 Å². The van der Waals surface area contributed by atoms with E-state index in [0.717, 1.165) is 55.5 Å². The summed E-state index contributed by atoms with van der Waals surface area (Å²) in [6, 6.07) is 16.3. The van der Waals surface area contributed by atoms with Gasteiger partial charge in [0.2, 0.25) is 0 Å². The number of rotatable bonds is 5. The first kappa shape index (κ1) is 22.7. The molecule has 0 spiro atoms. The van der Waals surface area contributed by atoms with Gasteiger partial charge in [0.1, 0.15) is 5.69 Å². The van der Waals surface area contributed by atoms with Gasteiger partial charge in [-0.05, 0) is 53.1 Å². The number of hydrogen-bond donors (Lipinski definition) is 2. The van der Waals surface area contributed by atoms with E-state index in [9.17, 15) is 8.78 Å². The summed E-state index contributed by atoms with van der Waals surface area (Å²) < 4.78 is 27.3. The number of likely N-dealkylation sites (tertiary alicyclic amines) is 1. The van der Waals surface area contributed by atoms with Crippen molar-refractivity contribution in [2.75, 3.05) is 13.1 Å². The molecule has 1 aromatic carbocycles. The Morgan fingerprint density at radius 3 is 2.61 bits per heavy atom. The molecule has 7 rings (SSSR count). The number of halogens is 2. The van der Waals surface area contributed by atoms with Crippen LogP contribution < -0.4 is 0 Å². The molecule has 1 aliphatic rings. The minimum absolute atomic E-state index is 0.0955. The first-order valence-corrected chi connectivity index (χ1v) is 12.4. The lowest BCUT2D eigenvalue weighted by Crippen LogP contribution is -2.24. The summed E-state index contributed by atoms with van der Waals surface area (Å²) in [5, 5.41) is 9.59. The monoisotopic (exact) mass is 507 g/mol. The first-order valence-electron chi connectivity index (χ1n) is 12.4. The average molecular weight is 508 g/mol. The number of aromatic amines is 2. The van der Waals surface area contributed by atoms with Crippen molar-refractivity contribution >= 4 is 21.9 Å². The Morgan fingerprint density at radius 2 is 1.76 bits per heavy atom. The van der Waals surface area contributed by atoms with Crippen LogP contribution in [-0.2, 0) is 6.54 Å². The van der Waals surface area contributed by atoms with E-state index in [-0.39, 0.29) is 13.0 Å². The lowest BCUT2D eigenvalue weighted by molar-refractivity contribution is 0.0115. The van der Waals surface area contributed by atoms with Crippen LogP contribution in [0.4, 0.5) is 8.78 Å². The van der Waals surface area contributed by atoms with Gasteiger partial charge in [0, 0.05) is 77.9 Å². The molecule has 6 heterocycles. The zero-order valence-electron chi connectivity index (χ0n) is 20.3. The van der Waals surface area contributed by atoms with Crippen molar-refractivity contribution in [1.82, 2.24) is 35.0 Å². The topological polar surface area (TPSA) is 86.4 Å². The van der Waals surface area contributed by atoms with Gasteiger partial charge >= 0.3 is 0 Å². The summed E-state index contributed by atoms with van der Waals surface area (Å²) in [6.45, 7) is 0.616. The van der Waals surface area contributed by atoms with Gasteiger partial charge in [-0.15, -0.1) is 0 Å². The third-order valence-electron chi connectivity index (χ3n) is 7.11. The Bertz CT molecular complexity index is 1770. The quantitative estimate of drug-likeness (QED) is 0.296. The van der Waals surface area contributed by atoms with Gasteiger partial charge in [-0.25, -0.2) is 13.8 Å². The second-order valence-electron chi connectivity index (χ2n) is 9.78. The second kappa shape index (κ2) is 8.81. The van der Waals surface area contributed by atoms with Crippen LogP contribution in [0.2, 0.25) is 0 Å². The maximum atomic E-state index is 13.6. The van der Waals surface area contributed by atoms with Gasteiger partial charge in [-0.2, -0.15) is 5.10 Å². The molecule has 0 aliphatic carbocycles. The molecule has 188 valence electrons. The second-order valence-corrected chi connectivity index (χ2v) is 9.78. The first-order chi connectivity index (χ1) is 18.5. The van der Waals surface area contributed by atoms with Crippen LogP contribution in [-0.4, -0.2) is 54.0 Å². The number of pyridine rings is 3. The summed E-state index contributed by atoms with van der Waals surface area (Å²) in [6.07, 6.45) is 8.78. The molecule has 1 saturated heterocycles. The summed E-state index contributed by atoms with van der Waals surface area (Å²) in [5.74, 6) is -2.61. The highest BCUT2D eigenvalue weighted by Gasteiger charge is 2.37. The van der Waals surface area contributed by atoms with E-state index in [1.807, 2.05) is 30.3 Å². The van der Waals surface area contributed by atoms with Crippen molar-refractivity contribution in [1.29, 1.82) is 0 Å². The summed E-state index contributed by atoms with van der Waals surface area (Å²) in [7, 11) is 0. The number of nitrogens with one attached hydrogen (secondary N) is 2. The van der Waals surface area contributed by atoms with E-state index < -0.39 is 5.92 Å². The molecule has 0 saturated carbocycles. The third kappa shape index (κ3) is 4.10. The Morgan fingerprint density at radius 1 is 0.895 bits per heavy atom. The number of hydrogen-bond acceptors (Lipinski definition) is 5. The van der Waals surface area contributed by atoms with Gasteiger partial charge in [0.15, 0.2) is 5.65 Å². The van der Waals surface area contributed by atoms with Gasteiger partial charge in [0.05, 0.1) is 12.2 Å². The zero-order chi connectivity index (χ0) is 25.7. The predicted molar refractivity (Wildman–Crippen MR) is 142 cm³/mol. The van der Waals surface area contributed by atoms with E-state index in [2.05, 4.69) is 48.3 Å². The Kier molecular flexibility index (Phi) is 5.26. The molecule has 7 nitrogen and oxygen atoms in total. The van der Waals surface area contributed by atoms with E-state index >= 15 is 0 Å². The van der Waals surface area contributed by atoms with Gasteiger partial charge in [-0.1, -0.05) is 12.1 Å². The molecule has 9 heteroatoms.